The lowest BCUT2D eigenvalue weighted by Crippen LogP contribution is -1.97. The lowest BCUT2D eigenvalue weighted by Gasteiger charge is -1.97. The van der Waals surface area contributed by atoms with Crippen LogP contribution < -0.4 is 0 Å². The summed E-state index contributed by atoms with van der Waals surface area (Å²) in [6.07, 6.45) is 1.61. The highest BCUT2D eigenvalue weighted by Crippen LogP contribution is 2.23. The molecule has 0 spiro atoms. The maximum Gasteiger partial charge on any atom is 0.338 e. The van der Waals surface area contributed by atoms with Crippen LogP contribution >= 0.6 is 15.9 Å². The summed E-state index contributed by atoms with van der Waals surface area (Å²) in [6.45, 7) is 0. The fourth-order valence-electron chi connectivity index (χ4n) is 2.32. The Balaban J connectivity index is 1.90. The Kier molecular flexibility index (Phi) is 3.75. The van der Waals surface area contributed by atoms with Gasteiger partial charge in [-0.3, -0.25) is 0 Å². The first-order chi connectivity index (χ1) is 10.1. The predicted octanol–water partition coefficient (Wildman–Crippen LogP) is 3.81. The molecule has 0 aliphatic heterocycles. The van der Waals surface area contributed by atoms with Crippen LogP contribution in [0.5, 0.6) is 0 Å². The number of aromatic amines is 1. The van der Waals surface area contributed by atoms with E-state index >= 15 is 0 Å². The Morgan fingerprint density at radius 1 is 1.19 bits per heavy atom. The smallest absolute Gasteiger partial charge is 0.338 e. The molecule has 0 aliphatic carbocycles. The number of carboxylic acids is 1. The molecule has 0 bridgehead atoms. The zero-order valence-electron chi connectivity index (χ0n) is 11.1. The third-order valence-corrected chi connectivity index (χ3v) is 3.78. The minimum Gasteiger partial charge on any atom is -0.478 e. The molecule has 0 aliphatic rings. The van der Waals surface area contributed by atoms with Crippen LogP contribution in [0.4, 0.5) is 0 Å². The molecule has 1 aromatic heterocycles. The van der Waals surface area contributed by atoms with Gasteiger partial charge in [0, 0.05) is 10.9 Å². The maximum atomic E-state index is 11.3. The number of hydrogen-bond donors (Lipinski definition) is 2. The molecule has 0 amide bonds. The van der Waals surface area contributed by atoms with Crippen LogP contribution in [0.2, 0.25) is 0 Å². The van der Waals surface area contributed by atoms with Gasteiger partial charge in [-0.05, 0) is 24.1 Å². The van der Waals surface area contributed by atoms with Crippen LogP contribution in [0.25, 0.3) is 11.0 Å². The average molecular weight is 345 g/mol. The van der Waals surface area contributed by atoms with Crippen molar-refractivity contribution in [1.29, 1.82) is 0 Å². The van der Waals surface area contributed by atoms with Crippen LogP contribution in [-0.4, -0.2) is 21.0 Å². The third kappa shape index (κ3) is 2.97. The quantitative estimate of drug-likeness (QED) is 0.756. The number of imidazole rings is 1. The molecule has 2 N–H and O–H groups in total. The number of nitrogens with one attached hydrogen (secondary N) is 1. The van der Waals surface area contributed by atoms with E-state index in [1.807, 2.05) is 24.3 Å². The predicted molar refractivity (Wildman–Crippen MR) is 84.6 cm³/mol. The van der Waals surface area contributed by atoms with Crippen molar-refractivity contribution in [3.05, 3.63) is 63.9 Å². The van der Waals surface area contributed by atoms with E-state index in [2.05, 4.69) is 38.0 Å². The minimum atomic E-state index is -0.970. The van der Waals surface area contributed by atoms with Gasteiger partial charge in [-0.1, -0.05) is 46.3 Å². The van der Waals surface area contributed by atoms with Crippen molar-refractivity contribution in [1.82, 2.24) is 9.97 Å². The minimum absolute atomic E-state index is 0.210. The largest absolute Gasteiger partial charge is 0.478 e. The molecule has 1 heterocycles. The van der Waals surface area contributed by atoms with Crippen LogP contribution in [0, 0.1) is 0 Å². The molecular formula is C16H13BrN2O2. The normalized spacial score (nSPS) is 10.9. The molecule has 0 fully saturated rings. The Morgan fingerprint density at radius 3 is 2.67 bits per heavy atom. The number of aromatic carboxylic acids is 1. The van der Waals surface area contributed by atoms with Gasteiger partial charge in [-0.2, -0.15) is 0 Å². The van der Waals surface area contributed by atoms with E-state index in [1.165, 1.54) is 5.56 Å². The number of carbonyl (C=O) groups is 1. The number of aromatic nitrogens is 2. The number of carboxylic acid groups (broad SMARTS) is 1. The van der Waals surface area contributed by atoms with Gasteiger partial charge < -0.3 is 10.1 Å². The standard InChI is InChI=1S/C16H13BrN2O2/c17-11-8-12(16(20)21)15-13(9-11)18-14(19-15)7-6-10-4-2-1-3-5-10/h1-5,8-9H,6-7H2,(H,18,19)(H,20,21). The SMILES string of the molecule is O=C(O)c1cc(Br)cc2[nH]c(CCc3ccccc3)nc12. The summed E-state index contributed by atoms with van der Waals surface area (Å²) >= 11 is 3.33. The van der Waals surface area contributed by atoms with Gasteiger partial charge in [0.15, 0.2) is 0 Å². The van der Waals surface area contributed by atoms with E-state index in [9.17, 15) is 9.90 Å². The molecule has 5 heteroatoms. The van der Waals surface area contributed by atoms with Gasteiger partial charge >= 0.3 is 5.97 Å². The number of rotatable bonds is 4. The molecule has 0 atom stereocenters. The topological polar surface area (TPSA) is 66.0 Å². The highest BCUT2D eigenvalue weighted by atomic mass is 79.9. The van der Waals surface area contributed by atoms with Crippen LogP contribution in [0.1, 0.15) is 21.7 Å². The zero-order chi connectivity index (χ0) is 14.8. The van der Waals surface area contributed by atoms with Gasteiger partial charge in [0.2, 0.25) is 0 Å². The number of halogens is 1. The number of benzene rings is 2. The summed E-state index contributed by atoms with van der Waals surface area (Å²) in [7, 11) is 0. The summed E-state index contributed by atoms with van der Waals surface area (Å²) in [5.41, 5.74) is 2.69. The first-order valence-electron chi connectivity index (χ1n) is 6.59. The van der Waals surface area contributed by atoms with E-state index in [0.717, 1.165) is 28.7 Å². The molecule has 3 aromatic rings. The van der Waals surface area contributed by atoms with Gasteiger partial charge in [-0.25, -0.2) is 9.78 Å². The lowest BCUT2D eigenvalue weighted by molar-refractivity contribution is 0.0699. The van der Waals surface area contributed by atoms with Crippen LogP contribution in [-0.2, 0) is 12.8 Å². The first-order valence-corrected chi connectivity index (χ1v) is 7.38. The molecular weight excluding hydrogens is 332 g/mol. The second-order valence-corrected chi connectivity index (χ2v) is 5.74. The molecule has 0 radical (unpaired) electrons. The number of aryl methyl sites for hydroxylation is 2. The first kappa shape index (κ1) is 13.8. The van der Waals surface area contributed by atoms with Crippen molar-refractivity contribution in [2.24, 2.45) is 0 Å². The van der Waals surface area contributed by atoms with E-state index < -0.39 is 5.97 Å². The summed E-state index contributed by atoms with van der Waals surface area (Å²) in [5.74, 6) is -0.170. The average Bonchev–Trinajstić information content (AvgIpc) is 2.87. The molecule has 3 rings (SSSR count). The number of nitrogens with zero attached hydrogens (tertiary/aromatic N) is 1. The Labute approximate surface area is 130 Å². The Bertz CT molecular complexity index is 797. The molecule has 4 nitrogen and oxygen atoms in total. The van der Waals surface area contributed by atoms with Crippen molar-refractivity contribution >= 4 is 32.9 Å². The molecule has 106 valence electrons. The fourth-order valence-corrected chi connectivity index (χ4v) is 2.78. The summed E-state index contributed by atoms with van der Waals surface area (Å²) in [6, 6.07) is 13.6. The second-order valence-electron chi connectivity index (χ2n) is 4.82. The number of H-pyrrole nitrogens is 1. The van der Waals surface area contributed by atoms with Crippen LogP contribution in [0.15, 0.2) is 46.9 Å². The summed E-state index contributed by atoms with van der Waals surface area (Å²) in [4.78, 5) is 18.9. The van der Waals surface area contributed by atoms with Crippen molar-refractivity contribution in [2.75, 3.05) is 0 Å². The molecule has 21 heavy (non-hydrogen) atoms. The summed E-state index contributed by atoms with van der Waals surface area (Å²) in [5, 5.41) is 9.25. The van der Waals surface area contributed by atoms with Gasteiger partial charge in [0.1, 0.15) is 11.3 Å². The fraction of sp³-hybridized carbons (Fsp3) is 0.125. The lowest BCUT2D eigenvalue weighted by atomic mass is 10.1. The molecule has 2 aromatic carbocycles. The van der Waals surface area contributed by atoms with Crippen molar-refractivity contribution in [3.8, 4) is 0 Å². The molecule has 0 saturated heterocycles. The van der Waals surface area contributed by atoms with E-state index in [-0.39, 0.29) is 5.56 Å². The van der Waals surface area contributed by atoms with Gasteiger partial charge in [-0.15, -0.1) is 0 Å². The monoisotopic (exact) mass is 344 g/mol. The van der Waals surface area contributed by atoms with Gasteiger partial charge in [0.05, 0.1) is 11.1 Å². The van der Waals surface area contributed by atoms with Gasteiger partial charge in [0.25, 0.3) is 0 Å². The van der Waals surface area contributed by atoms with Crippen molar-refractivity contribution in [2.45, 2.75) is 12.8 Å². The third-order valence-electron chi connectivity index (χ3n) is 3.32. The summed E-state index contributed by atoms with van der Waals surface area (Å²) < 4.78 is 0.727. The van der Waals surface area contributed by atoms with Crippen LogP contribution in [0.3, 0.4) is 0 Å². The highest BCUT2D eigenvalue weighted by Gasteiger charge is 2.14. The number of fused-ring (bicyclic) bond motifs is 1. The highest BCUT2D eigenvalue weighted by molar-refractivity contribution is 9.10. The second kappa shape index (κ2) is 5.69. The van der Waals surface area contributed by atoms with E-state index in [4.69, 9.17) is 0 Å². The maximum absolute atomic E-state index is 11.3. The zero-order valence-corrected chi connectivity index (χ0v) is 12.7. The van der Waals surface area contributed by atoms with E-state index in [0.29, 0.717) is 5.52 Å². The Hall–Kier alpha value is -2.14. The molecule has 0 unspecified atom stereocenters. The Morgan fingerprint density at radius 2 is 1.95 bits per heavy atom. The molecule has 0 saturated carbocycles. The van der Waals surface area contributed by atoms with E-state index in [1.54, 1.807) is 6.07 Å². The van der Waals surface area contributed by atoms with Crippen molar-refractivity contribution < 1.29 is 9.90 Å². The van der Waals surface area contributed by atoms with Crippen molar-refractivity contribution in [3.63, 3.8) is 0 Å². The number of hydrogen-bond acceptors (Lipinski definition) is 2.